The van der Waals surface area contributed by atoms with E-state index in [1.165, 1.54) is 10.4 Å². The highest BCUT2D eigenvalue weighted by atomic mass is 28.4. The highest BCUT2D eigenvalue weighted by molar-refractivity contribution is 6.99. The molecular formula is C23H32OSi. The van der Waals surface area contributed by atoms with Crippen molar-refractivity contribution in [3.05, 3.63) is 73.3 Å². The van der Waals surface area contributed by atoms with Gasteiger partial charge < -0.3 is 4.43 Å². The van der Waals surface area contributed by atoms with E-state index in [0.29, 0.717) is 0 Å². The molecule has 2 aromatic carbocycles. The summed E-state index contributed by atoms with van der Waals surface area (Å²) in [6.07, 6.45) is 5.47. The van der Waals surface area contributed by atoms with Gasteiger partial charge in [0.15, 0.2) is 0 Å². The van der Waals surface area contributed by atoms with E-state index >= 15 is 0 Å². The predicted octanol–water partition coefficient (Wildman–Crippen LogP) is 5.31. The summed E-state index contributed by atoms with van der Waals surface area (Å²) in [4.78, 5) is 0. The second kappa shape index (κ2) is 8.64. The van der Waals surface area contributed by atoms with E-state index in [-0.39, 0.29) is 11.1 Å². The zero-order valence-corrected chi connectivity index (χ0v) is 17.2. The highest BCUT2D eigenvalue weighted by Crippen LogP contribution is 2.37. The Morgan fingerprint density at radius 3 is 1.84 bits per heavy atom. The number of unbranched alkanes of at least 4 members (excludes halogenated alkanes) is 1. The quantitative estimate of drug-likeness (QED) is 0.355. The third-order valence-corrected chi connectivity index (χ3v) is 9.97. The van der Waals surface area contributed by atoms with Gasteiger partial charge in [0.25, 0.3) is 8.32 Å². The van der Waals surface area contributed by atoms with Crippen LogP contribution in [0.3, 0.4) is 0 Å². The maximum absolute atomic E-state index is 7.03. The third kappa shape index (κ3) is 4.50. The molecule has 0 saturated carbocycles. The van der Waals surface area contributed by atoms with Crippen molar-refractivity contribution in [3.8, 4) is 0 Å². The van der Waals surface area contributed by atoms with Crippen LogP contribution in [0.1, 0.15) is 47.0 Å². The van der Waals surface area contributed by atoms with Gasteiger partial charge in [0, 0.05) is 6.10 Å². The van der Waals surface area contributed by atoms with E-state index in [1.54, 1.807) is 0 Å². The zero-order valence-electron chi connectivity index (χ0n) is 16.2. The molecule has 2 aromatic rings. The summed E-state index contributed by atoms with van der Waals surface area (Å²) in [6.45, 7) is 13.0. The van der Waals surface area contributed by atoms with Gasteiger partial charge in [-0.1, -0.05) is 87.5 Å². The molecule has 0 aliphatic rings. The van der Waals surface area contributed by atoms with Crippen LogP contribution in [0.5, 0.6) is 0 Å². The van der Waals surface area contributed by atoms with Gasteiger partial charge in [-0.05, 0) is 41.6 Å². The second-order valence-corrected chi connectivity index (χ2v) is 12.1. The molecule has 134 valence electrons. The SMILES string of the molecule is C=CCCCC(C)O[Si](c1ccccc1)(c1ccccc1)C(C)(C)C. The first-order valence-electron chi connectivity index (χ1n) is 9.31. The zero-order chi connectivity index (χ0) is 18.3. The molecule has 2 heteroatoms. The molecule has 0 radical (unpaired) electrons. The molecule has 1 unspecified atom stereocenters. The van der Waals surface area contributed by atoms with E-state index in [0.717, 1.165) is 19.3 Å². The van der Waals surface area contributed by atoms with E-state index in [1.807, 2.05) is 6.08 Å². The Morgan fingerprint density at radius 2 is 1.44 bits per heavy atom. The number of rotatable bonds is 8. The van der Waals surface area contributed by atoms with Crippen molar-refractivity contribution in [2.75, 3.05) is 0 Å². The van der Waals surface area contributed by atoms with Crippen LogP contribution in [0.25, 0.3) is 0 Å². The first-order valence-corrected chi connectivity index (χ1v) is 11.2. The molecule has 1 atom stereocenters. The van der Waals surface area contributed by atoms with Crippen LogP contribution in [-0.2, 0) is 4.43 Å². The molecule has 0 amide bonds. The molecule has 0 saturated heterocycles. The maximum atomic E-state index is 7.03. The fourth-order valence-electron chi connectivity index (χ4n) is 3.60. The molecule has 0 heterocycles. The van der Waals surface area contributed by atoms with Crippen LogP contribution in [0.2, 0.25) is 5.04 Å². The Labute approximate surface area is 154 Å². The molecule has 0 spiro atoms. The number of hydrogen-bond acceptors (Lipinski definition) is 1. The van der Waals surface area contributed by atoms with Gasteiger partial charge in [0.05, 0.1) is 0 Å². The third-order valence-electron chi connectivity index (χ3n) is 4.81. The lowest BCUT2D eigenvalue weighted by Crippen LogP contribution is -2.67. The van der Waals surface area contributed by atoms with Crippen molar-refractivity contribution in [1.29, 1.82) is 0 Å². The lowest BCUT2D eigenvalue weighted by atomic mass is 10.2. The summed E-state index contributed by atoms with van der Waals surface area (Å²) in [5.74, 6) is 0. The number of benzene rings is 2. The lowest BCUT2D eigenvalue weighted by Gasteiger charge is -2.44. The average molecular weight is 353 g/mol. The van der Waals surface area contributed by atoms with Gasteiger partial charge in [0.1, 0.15) is 0 Å². The summed E-state index contributed by atoms with van der Waals surface area (Å²) >= 11 is 0. The molecule has 1 nitrogen and oxygen atoms in total. The van der Waals surface area contributed by atoms with Gasteiger partial charge in [-0.2, -0.15) is 0 Å². The van der Waals surface area contributed by atoms with Gasteiger partial charge in [0.2, 0.25) is 0 Å². The summed E-state index contributed by atoms with van der Waals surface area (Å²) < 4.78 is 7.03. The Hall–Kier alpha value is -1.64. The lowest BCUT2D eigenvalue weighted by molar-refractivity contribution is 0.194. The molecule has 0 N–H and O–H groups in total. The summed E-state index contributed by atoms with van der Waals surface area (Å²) in [5, 5.41) is 2.75. The monoisotopic (exact) mass is 352 g/mol. The first-order chi connectivity index (χ1) is 11.9. The minimum absolute atomic E-state index is 0.0441. The summed E-state index contributed by atoms with van der Waals surface area (Å²) in [7, 11) is -2.40. The van der Waals surface area contributed by atoms with Crippen LogP contribution >= 0.6 is 0 Å². The van der Waals surface area contributed by atoms with Crippen LogP contribution in [-0.4, -0.2) is 14.4 Å². The van der Waals surface area contributed by atoms with E-state index < -0.39 is 8.32 Å². The van der Waals surface area contributed by atoms with Gasteiger partial charge in [-0.15, -0.1) is 6.58 Å². The Balaban J connectivity index is 2.51. The van der Waals surface area contributed by atoms with Crippen LogP contribution < -0.4 is 10.4 Å². The minimum atomic E-state index is -2.40. The van der Waals surface area contributed by atoms with Crippen molar-refractivity contribution in [1.82, 2.24) is 0 Å². The van der Waals surface area contributed by atoms with Gasteiger partial charge in [-0.25, -0.2) is 0 Å². The molecule has 2 rings (SSSR count). The average Bonchev–Trinajstić information content (AvgIpc) is 2.60. The van der Waals surface area contributed by atoms with E-state index in [4.69, 9.17) is 4.43 Å². The Kier molecular flexibility index (Phi) is 6.80. The van der Waals surface area contributed by atoms with E-state index in [2.05, 4.69) is 94.9 Å². The number of hydrogen-bond donors (Lipinski definition) is 0. The second-order valence-electron chi connectivity index (χ2n) is 7.81. The first kappa shape index (κ1) is 19.7. The topological polar surface area (TPSA) is 9.23 Å². The number of allylic oxidation sites excluding steroid dienone is 1. The molecule has 0 aromatic heterocycles. The smallest absolute Gasteiger partial charge is 0.261 e. The fraction of sp³-hybridized carbons (Fsp3) is 0.391. The predicted molar refractivity (Wildman–Crippen MR) is 112 cm³/mol. The van der Waals surface area contributed by atoms with Crippen molar-refractivity contribution in [3.63, 3.8) is 0 Å². The summed E-state index contributed by atoms with van der Waals surface area (Å²) in [5.41, 5.74) is 0. The van der Waals surface area contributed by atoms with E-state index in [9.17, 15) is 0 Å². The van der Waals surface area contributed by atoms with Gasteiger partial charge in [-0.3, -0.25) is 0 Å². The molecule has 25 heavy (non-hydrogen) atoms. The Bertz CT molecular complexity index is 603. The molecular weight excluding hydrogens is 320 g/mol. The molecule has 0 aliphatic carbocycles. The molecule has 0 fully saturated rings. The fourth-order valence-corrected chi connectivity index (χ4v) is 8.34. The van der Waals surface area contributed by atoms with Crippen LogP contribution in [0.4, 0.5) is 0 Å². The highest BCUT2D eigenvalue weighted by Gasteiger charge is 2.50. The van der Waals surface area contributed by atoms with Crippen LogP contribution in [0.15, 0.2) is 73.3 Å². The minimum Gasteiger partial charge on any atom is -0.405 e. The standard InChI is InChI=1S/C23H32OSi/c1-6-7-10-15-20(2)24-25(23(3,4)5,21-16-11-8-12-17-21)22-18-13-9-14-19-22/h6,8-9,11-14,16-20H,1,7,10,15H2,2-5H3. The molecule has 0 aliphatic heterocycles. The van der Waals surface area contributed by atoms with Crippen molar-refractivity contribution in [2.45, 2.75) is 58.1 Å². The van der Waals surface area contributed by atoms with Crippen molar-refractivity contribution < 1.29 is 4.43 Å². The Morgan fingerprint density at radius 1 is 0.960 bits per heavy atom. The van der Waals surface area contributed by atoms with Gasteiger partial charge >= 0.3 is 0 Å². The van der Waals surface area contributed by atoms with Crippen molar-refractivity contribution >= 4 is 18.7 Å². The molecule has 0 bridgehead atoms. The van der Waals surface area contributed by atoms with Crippen LogP contribution in [0, 0.1) is 0 Å². The normalized spacial score (nSPS) is 13.4. The maximum Gasteiger partial charge on any atom is 0.261 e. The van der Waals surface area contributed by atoms with Crippen molar-refractivity contribution in [2.24, 2.45) is 0 Å². The summed E-state index contributed by atoms with van der Waals surface area (Å²) in [6, 6.07) is 21.7. The largest absolute Gasteiger partial charge is 0.405 e.